The molecule has 0 aromatic rings. The lowest BCUT2D eigenvalue weighted by Crippen LogP contribution is -2.40. The SMILES string of the molecule is O=C1CCN(CC2CCCOC2)C(=O)CN1. The van der Waals surface area contributed by atoms with Gasteiger partial charge in [-0.2, -0.15) is 0 Å². The van der Waals surface area contributed by atoms with E-state index in [0.29, 0.717) is 18.9 Å². The highest BCUT2D eigenvalue weighted by Crippen LogP contribution is 2.15. The first-order valence-electron chi connectivity index (χ1n) is 5.88. The Morgan fingerprint density at radius 3 is 3.06 bits per heavy atom. The van der Waals surface area contributed by atoms with Crippen molar-refractivity contribution in [1.82, 2.24) is 10.2 Å². The van der Waals surface area contributed by atoms with Gasteiger partial charge in [0.2, 0.25) is 11.8 Å². The molecule has 1 atom stereocenters. The van der Waals surface area contributed by atoms with Gasteiger partial charge in [-0.25, -0.2) is 0 Å². The molecular formula is C11H18N2O3. The summed E-state index contributed by atoms with van der Waals surface area (Å²) in [6.07, 6.45) is 2.61. The molecule has 0 spiro atoms. The van der Waals surface area contributed by atoms with Crippen LogP contribution in [-0.2, 0) is 14.3 Å². The smallest absolute Gasteiger partial charge is 0.241 e. The molecule has 0 aliphatic carbocycles. The van der Waals surface area contributed by atoms with Crippen LogP contribution in [-0.4, -0.2) is 49.6 Å². The summed E-state index contributed by atoms with van der Waals surface area (Å²) in [4.78, 5) is 24.6. The molecule has 0 aromatic heterocycles. The summed E-state index contributed by atoms with van der Waals surface area (Å²) in [6, 6.07) is 0. The van der Waals surface area contributed by atoms with Crippen LogP contribution in [0.3, 0.4) is 0 Å². The zero-order valence-corrected chi connectivity index (χ0v) is 9.41. The second kappa shape index (κ2) is 5.30. The van der Waals surface area contributed by atoms with E-state index in [2.05, 4.69) is 5.32 Å². The van der Waals surface area contributed by atoms with Gasteiger partial charge in [0.25, 0.3) is 0 Å². The molecule has 2 saturated heterocycles. The number of hydrogen-bond acceptors (Lipinski definition) is 3. The summed E-state index contributed by atoms with van der Waals surface area (Å²) in [6.45, 7) is 3.00. The first-order chi connectivity index (χ1) is 7.75. The number of nitrogens with one attached hydrogen (secondary N) is 1. The van der Waals surface area contributed by atoms with E-state index >= 15 is 0 Å². The van der Waals surface area contributed by atoms with Crippen LogP contribution < -0.4 is 5.32 Å². The zero-order valence-electron chi connectivity index (χ0n) is 9.41. The fourth-order valence-corrected chi connectivity index (χ4v) is 2.19. The van der Waals surface area contributed by atoms with Crippen LogP contribution in [0.15, 0.2) is 0 Å². The molecule has 2 aliphatic heterocycles. The van der Waals surface area contributed by atoms with Gasteiger partial charge in [0, 0.05) is 26.1 Å². The van der Waals surface area contributed by atoms with Gasteiger partial charge in [0.15, 0.2) is 0 Å². The first-order valence-corrected chi connectivity index (χ1v) is 5.88. The van der Waals surface area contributed by atoms with Crippen molar-refractivity contribution in [2.45, 2.75) is 19.3 Å². The minimum atomic E-state index is -0.0317. The third kappa shape index (κ3) is 2.95. The molecule has 5 nitrogen and oxygen atoms in total. The standard InChI is InChI=1S/C11H18N2O3/c14-10-3-4-13(11(15)6-12-10)7-9-2-1-5-16-8-9/h9H,1-8H2,(H,12,14). The fraction of sp³-hybridized carbons (Fsp3) is 0.818. The second-order valence-corrected chi connectivity index (χ2v) is 4.45. The number of carbonyl (C=O) groups excluding carboxylic acids is 2. The fourth-order valence-electron chi connectivity index (χ4n) is 2.19. The van der Waals surface area contributed by atoms with Crippen LogP contribution in [0.2, 0.25) is 0 Å². The van der Waals surface area contributed by atoms with Crippen LogP contribution in [0.25, 0.3) is 0 Å². The average Bonchev–Trinajstić information content (AvgIpc) is 2.46. The number of hydrogen-bond donors (Lipinski definition) is 1. The Balaban J connectivity index is 1.86. The van der Waals surface area contributed by atoms with Crippen LogP contribution in [0.5, 0.6) is 0 Å². The Bertz CT molecular complexity index is 274. The lowest BCUT2D eigenvalue weighted by atomic mass is 10.0. The molecule has 0 aromatic carbocycles. The Morgan fingerprint density at radius 2 is 2.31 bits per heavy atom. The van der Waals surface area contributed by atoms with Gasteiger partial charge in [0.1, 0.15) is 0 Å². The van der Waals surface area contributed by atoms with Crippen molar-refractivity contribution >= 4 is 11.8 Å². The van der Waals surface area contributed by atoms with Gasteiger partial charge in [-0.05, 0) is 18.8 Å². The Morgan fingerprint density at radius 1 is 1.44 bits per heavy atom. The molecule has 1 N–H and O–H groups in total. The Labute approximate surface area is 95.1 Å². The monoisotopic (exact) mass is 226 g/mol. The highest BCUT2D eigenvalue weighted by Gasteiger charge is 2.24. The van der Waals surface area contributed by atoms with Crippen LogP contribution in [0, 0.1) is 5.92 Å². The Hall–Kier alpha value is -1.10. The number of carbonyl (C=O) groups is 2. The quantitative estimate of drug-likeness (QED) is 0.707. The molecule has 2 rings (SSSR count). The minimum Gasteiger partial charge on any atom is -0.381 e. The van der Waals surface area contributed by atoms with Gasteiger partial charge in [0.05, 0.1) is 13.2 Å². The summed E-state index contributed by atoms with van der Waals surface area (Å²) < 4.78 is 5.39. The maximum Gasteiger partial charge on any atom is 0.241 e. The lowest BCUT2D eigenvalue weighted by molar-refractivity contribution is -0.131. The molecule has 5 heteroatoms. The molecule has 0 bridgehead atoms. The number of nitrogens with zero attached hydrogens (tertiary/aromatic N) is 1. The van der Waals surface area contributed by atoms with Crippen LogP contribution in [0.1, 0.15) is 19.3 Å². The maximum atomic E-state index is 11.7. The van der Waals surface area contributed by atoms with Crippen LogP contribution >= 0.6 is 0 Å². The van der Waals surface area contributed by atoms with Crippen molar-refractivity contribution in [2.75, 3.05) is 32.8 Å². The van der Waals surface area contributed by atoms with E-state index in [1.165, 1.54) is 0 Å². The molecule has 0 saturated carbocycles. The van der Waals surface area contributed by atoms with Crippen LogP contribution in [0.4, 0.5) is 0 Å². The zero-order chi connectivity index (χ0) is 11.4. The van der Waals surface area contributed by atoms with Gasteiger partial charge in [-0.1, -0.05) is 0 Å². The van der Waals surface area contributed by atoms with Gasteiger partial charge >= 0.3 is 0 Å². The summed E-state index contributed by atoms with van der Waals surface area (Å²) >= 11 is 0. The lowest BCUT2D eigenvalue weighted by Gasteiger charge is -2.28. The molecule has 2 amide bonds. The third-order valence-corrected chi connectivity index (χ3v) is 3.13. The first kappa shape index (κ1) is 11.4. The summed E-state index contributed by atoms with van der Waals surface area (Å²) in [5.74, 6) is 0.429. The molecule has 0 radical (unpaired) electrons. The van der Waals surface area contributed by atoms with Gasteiger partial charge in [-0.15, -0.1) is 0 Å². The van der Waals surface area contributed by atoms with E-state index in [1.807, 2.05) is 0 Å². The second-order valence-electron chi connectivity index (χ2n) is 4.45. The predicted molar refractivity (Wildman–Crippen MR) is 57.7 cm³/mol. The number of rotatable bonds is 2. The molecular weight excluding hydrogens is 208 g/mol. The van der Waals surface area contributed by atoms with Gasteiger partial charge < -0.3 is 15.0 Å². The van der Waals surface area contributed by atoms with E-state index in [0.717, 1.165) is 32.6 Å². The van der Waals surface area contributed by atoms with E-state index in [1.54, 1.807) is 4.90 Å². The third-order valence-electron chi connectivity index (χ3n) is 3.13. The highest BCUT2D eigenvalue weighted by atomic mass is 16.5. The number of ether oxygens (including phenoxy) is 1. The summed E-state index contributed by atoms with van der Waals surface area (Å²) in [5.41, 5.74) is 0. The van der Waals surface area contributed by atoms with Crippen molar-refractivity contribution in [3.63, 3.8) is 0 Å². The normalized spacial score (nSPS) is 27.5. The average molecular weight is 226 g/mol. The Kier molecular flexibility index (Phi) is 3.77. The van der Waals surface area contributed by atoms with E-state index in [9.17, 15) is 9.59 Å². The van der Waals surface area contributed by atoms with Crippen molar-refractivity contribution < 1.29 is 14.3 Å². The molecule has 16 heavy (non-hydrogen) atoms. The maximum absolute atomic E-state index is 11.7. The van der Waals surface area contributed by atoms with E-state index < -0.39 is 0 Å². The highest BCUT2D eigenvalue weighted by molar-refractivity contribution is 5.87. The molecule has 2 fully saturated rings. The van der Waals surface area contributed by atoms with Gasteiger partial charge in [-0.3, -0.25) is 9.59 Å². The predicted octanol–water partition coefficient (Wildman–Crippen LogP) is -0.238. The molecule has 2 heterocycles. The van der Waals surface area contributed by atoms with Crippen molar-refractivity contribution in [1.29, 1.82) is 0 Å². The van der Waals surface area contributed by atoms with Crippen molar-refractivity contribution in [3.8, 4) is 0 Å². The topological polar surface area (TPSA) is 58.6 Å². The summed E-state index contributed by atoms with van der Waals surface area (Å²) in [5, 5.41) is 2.60. The van der Waals surface area contributed by atoms with Crippen molar-refractivity contribution in [2.24, 2.45) is 5.92 Å². The largest absolute Gasteiger partial charge is 0.381 e. The van der Waals surface area contributed by atoms with E-state index in [-0.39, 0.29) is 18.4 Å². The minimum absolute atomic E-state index is 0.0245. The summed E-state index contributed by atoms with van der Waals surface area (Å²) in [7, 11) is 0. The molecule has 90 valence electrons. The molecule has 1 unspecified atom stereocenters. The molecule has 2 aliphatic rings. The number of amides is 2. The van der Waals surface area contributed by atoms with Crippen molar-refractivity contribution in [3.05, 3.63) is 0 Å². The van der Waals surface area contributed by atoms with E-state index in [4.69, 9.17) is 4.74 Å².